The highest BCUT2D eigenvalue weighted by Crippen LogP contribution is 2.37. The summed E-state index contributed by atoms with van der Waals surface area (Å²) in [4.78, 5) is -0.266. The highest BCUT2D eigenvalue weighted by Gasteiger charge is 2.32. The number of rotatable bonds is 12. The third-order valence-electron chi connectivity index (χ3n) is 6.15. The van der Waals surface area contributed by atoms with E-state index in [0.717, 1.165) is 24.3 Å². The molecule has 0 fully saturated rings. The molecule has 0 radical (unpaired) electrons. The van der Waals surface area contributed by atoms with Gasteiger partial charge in [-0.25, -0.2) is 8.42 Å². The second-order valence-corrected chi connectivity index (χ2v) is 11.5. The number of halogens is 6. The zero-order valence-corrected chi connectivity index (χ0v) is 24.2. The molecule has 0 aromatic heterocycles. The summed E-state index contributed by atoms with van der Waals surface area (Å²) in [6.07, 6.45) is -9.26. The molecule has 0 spiro atoms. The van der Waals surface area contributed by atoms with Crippen molar-refractivity contribution in [3.63, 3.8) is 0 Å². The Morgan fingerprint density at radius 3 is 1.22 bits per heavy atom. The zero-order chi connectivity index (χ0) is 32.8. The lowest BCUT2D eigenvalue weighted by molar-refractivity contribution is -0.138. The van der Waals surface area contributed by atoms with Crippen LogP contribution in [0.2, 0.25) is 0 Å². The molecule has 0 bridgehead atoms. The summed E-state index contributed by atoms with van der Waals surface area (Å²) >= 11 is 0. The first kappa shape index (κ1) is 33.4. The van der Waals surface area contributed by atoms with E-state index in [1.807, 2.05) is 0 Å². The van der Waals surface area contributed by atoms with E-state index in [1.165, 1.54) is 60.7 Å². The van der Waals surface area contributed by atoms with Gasteiger partial charge in [0.05, 0.1) is 20.9 Å². The van der Waals surface area contributed by atoms with Gasteiger partial charge in [-0.15, -0.1) is 0 Å². The van der Waals surface area contributed by atoms with Crippen LogP contribution in [0.4, 0.5) is 37.7 Å². The molecule has 0 aliphatic rings. The fourth-order valence-corrected chi connectivity index (χ4v) is 5.32. The van der Waals surface area contributed by atoms with Gasteiger partial charge in [-0.3, -0.25) is 0 Å². The van der Waals surface area contributed by atoms with E-state index in [0.29, 0.717) is 0 Å². The number of nitrogens with one attached hydrogen (secondary N) is 2. The Labute approximate surface area is 254 Å². The molecule has 15 heteroatoms. The van der Waals surface area contributed by atoms with Crippen molar-refractivity contribution in [1.82, 2.24) is 0 Å². The van der Waals surface area contributed by atoms with E-state index < -0.39 is 33.3 Å². The van der Waals surface area contributed by atoms with Gasteiger partial charge in [0.25, 0.3) is 0 Å². The Balaban J connectivity index is 1.51. The summed E-state index contributed by atoms with van der Waals surface area (Å²) in [5, 5.41) is 5.54. The quantitative estimate of drug-likeness (QED) is 0.122. The van der Waals surface area contributed by atoms with E-state index in [-0.39, 0.29) is 70.3 Å². The summed E-state index contributed by atoms with van der Waals surface area (Å²) in [5.41, 5.74) is 9.24. The molecule has 4 aromatic rings. The van der Waals surface area contributed by atoms with Crippen LogP contribution < -0.4 is 31.6 Å². The average Bonchev–Trinajstić information content (AvgIpc) is 2.98. The number of anilines is 2. The van der Waals surface area contributed by atoms with Crippen LogP contribution >= 0.6 is 0 Å². The SMILES string of the molecule is NCCNc1cc(Oc2ccc(S(=O)(=O)c3ccc(Oc4cc(NCCN)cc(C(F)(F)F)c4)cc3)cc2)cc(C(F)(F)F)c1. The van der Waals surface area contributed by atoms with Crippen LogP contribution in [0, 0.1) is 0 Å². The molecule has 0 saturated heterocycles. The normalized spacial score (nSPS) is 12.1. The lowest BCUT2D eigenvalue weighted by Gasteiger charge is -2.14. The van der Waals surface area contributed by atoms with E-state index in [4.69, 9.17) is 20.9 Å². The molecule has 240 valence electrons. The highest BCUT2D eigenvalue weighted by atomic mass is 32.2. The van der Waals surface area contributed by atoms with Crippen LogP contribution in [0.25, 0.3) is 0 Å². The largest absolute Gasteiger partial charge is 0.457 e. The number of hydrogen-bond donors (Lipinski definition) is 4. The maximum absolute atomic E-state index is 13.4. The monoisotopic (exact) mass is 654 g/mol. The van der Waals surface area contributed by atoms with E-state index in [1.54, 1.807) is 0 Å². The topological polar surface area (TPSA) is 129 Å². The van der Waals surface area contributed by atoms with Crippen LogP contribution in [0.1, 0.15) is 11.1 Å². The van der Waals surface area contributed by atoms with Gasteiger partial charge in [0.15, 0.2) is 0 Å². The molecule has 0 atom stereocenters. The number of sulfone groups is 1. The van der Waals surface area contributed by atoms with Gasteiger partial charge in [-0.1, -0.05) is 0 Å². The van der Waals surface area contributed by atoms with Crippen LogP contribution in [0.3, 0.4) is 0 Å². The van der Waals surface area contributed by atoms with Crippen molar-refractivity contribution >= 4 is 21.2 Å². The fourth-order valence-electron chi connectivity index (χ4n) is 4.06. The van der Waals surface area contributed by atoms with Gasteiger partial charge >= 0.3 is 12.4 Å². The molecule has 0 aliphatic heterocycles. The molecular formula is C30H28F6N4O4S. The first-order valence-corrected chi connectivity index (χ1v) is 14.8. The maximum atomic E-state index is 13.4. The molecule has 0 heterocycles. The minimum Gasteiger partial charge on any atom is -0.457 e. The fraction of sp³-hybridized carbons (Fsp3) is 0.200. The number of hydrogen-bond acceptors (Lipinski definition) is 8. The Kier molecular flexibility index (Phi) is 10.2. The molecular weight excluding hydrogens is 626 g/mol. The van der Waals surface area contributed by atoms with Crippen LogP contribution in [-0.4, -0.2) is 34.6 Å². The molecule has 0 amide bonds. The second-order valence-electron chi connectivity index (χ2n) is 9.57. The van der Waals surface area contributed by atoms with Crippen molar-refractivity contribution in [2.45, 2.75) is 22.1 Å². The van der Waals surface area contributed by atoms with E-state index in [2.05, 4.69) is 10.6 Å². The molecule has 4 aromatic carbocycles. The Hall–Kier alpha value is -4.47. The minimum atomic E-state index is -4.63. The maximum Gasteiger partial charge on any atom is 0.416 e. The van der Waals surface area contributed by atoms with Gasteiger partial charge in [0.2, 0.25) is 9.84 Å². The molecule has 6 N–H and O–H groups in total. The first-order chi connectivity index (χ1) is 21.2. The third kappa shape index (κ3) is 8.80. The number of benzene rings is 4. The van der Waals surface area contributed by atoms with Crippen molar-refractivity contribution in [3.05, 3.63) is 96.1 Å². The average molecular weight is 655 g/mol. The molecule has 0 aliphatic carbocycles. The predicted octanol–water partition coefficient (Wildman–Crippen LogP) is 6.88. The van der Waals surface area contributed by atoms with Crippen molar-refractivity contribution in [1.29, 1.82) is 0 Å². The van der Waals surface area contributed by atoms with Crippen LogP contribution in [0.5, 0.6) is 23.0 Å². The van der Waals surface area contributed by atoms with E-state index in [9.17, 15) is 34.8 Å². The van der Waals surface area contributed by atoms with Gasteiger partial charge in [-0.05, 0) is 72.8 Å². The number of ether oxygens (including phenoxy) is 2. The van der Waals surface area contributed by atoms with Gasteiger partial charge in [0, 0.05) is 49.7 Å². The summed E-state index contributed by atoms with van der Waals surface area (Å²) < 4.78 is 118. The van der Waals surface area contributed by atoms with Crippen molar-refractivity contribution in [2.75, 3.05) is 36.8 Å². The predicted molar refractivity (Wildman–Crippen MR) is 156 cm³/mol. The molecule has 8 nitrogen and oxygen atoms in total. The summed E-state index contributed by atoms with van der Waals surface area (Å²) in [6.45, 7) is 0.864. The Morgan fingerprint density at radius 2 is 0.911 bits per heavy atom. The zero-order valence-electron chi connectivity index (χ0n) is 23.4. The van der Waals surface area contributed by atoms with Crippen molar-refractivity contribution < 1.29 is 44.2 Å². The van der Waals surface area contributed by atoms with Gasteiger partial charge in [-0.2, -0.15) is 26.3 Å². The summed E-state index contributed by atoms with van der Waals surface area (Å²) in [5.74, 6) is -0.0800. The number of alkyl halides is 6. The van der Waals surface area contributed by atoms with Crippen molar-refractivity contribution in [3.8, 4) is 23.0 Å². The first-order valence-electron chi connectivity index (χ1n) is 13.3. The molecule has 0 saturated carbocycles. The smallest absolute Gasteiger partial charge is 0.416 e. The lowest BCUT2D eigenvalue weighted by Crippen LogP contribution is -2.14. The molecule has 45 heavy (non-hydrogen) atoms. The highest BCUT2D eigenvalue weighted by molar-refractivity contribution is 7.91. The van der Waals surface area contributed by atoms with Crippen LogP contribution in [-0.2, 0) is 22.2 Å². The lowest BCUT2D eigenvalue weighted by atomic mass is 10.1. The summed E-state index contributed by atoms with van der Waals surface area (Å²) in [6, 6.07) is 16.3. The third-order valence-corrected chi connectivity index (χ3v) is 7.94. The molecule has 4 rings (SSSR count). The van der Waals surface area contributed by atoms with Crippen LogP contribution in [0.15, 0.2) is 94.7 Å². The van der Waals surface area contributed by atoms with Gasteiger partial charge < -0.3 is 31.6 Å². The Morgan fingerprint density at radius 1 is 0.556 bits per heavy atom. The second kappa shape index (κ2) is 13.7. The Bertz CT molecular complexity index is 1590. The van der Waals surface area contributed by atoms with Gasteiger partial charge in [0.1, 0.15) is 23.0 Å². The standard InChI is InChI=1S/C30H28F6N4O4S/c31-29(32,33)19-13-21(39-11-9-37)17-25(15-19)43-23-1-5-27(6-2-23)45(41,42)28-7-3-24(4-8-28)44-26-16-20(30(34,35)36)14-22(18-26)40-12-10-38/h1-8,13-18,39-40H,9-12,37-38H2. The summed E-state index contributed by atoms with van der Waals surface area (Å²) in [7, 11) is -4.06. The number of nitrogens with two attached hydrogens (primary N) is 2. The molecule has 0 unspecified atom stereocenters. The minimum absolute atomic E-state index is 0.0863. The van der Waals surface area contributed by atoms with Crippen molar-refractivity contribution in [2.24, 2.45) is 11.5 Å². The van der Waals surface area contributed by atoms with E-state index >= 15 is 0 Å².